The number of nitrogens with two attached hydrogens (primary N) is 3. The maximum absolute atomic E-state index is 5.54. The van der Waals surface area contributed by atoms with E-state index in [0.717, 1.165) is 0 Å². The van der Waals surface area contributed by atoms with Crippen LogP contribution in [0.3, 0.4) is 0 Å². The van der Waals surface area contributed by atoms with Crippen molar-refractivity contribution < 1.29 is 4.52 Å². The van der Waals surface area contributed by atoms with Crippen molar-refractivity contribution in [2.45, 2.75) is 17.5 Å². The highest BCUT2D eigenvalue weighted by molar-refractivity contribution is 7.98. The van der Waals surface area contributed by atoms with E-state index in [1.54, 1.807) is 0 Å². The average Bonchev–Trinajstić information content (AvgIpc) is 2.73. The summed E-state index contributed by atoms with van der Waals surface area (Å²) in [5, 5.41) is 4.22. The summed E-state index contributed by atoms with van der Waals surface area (Å²) in [6.45, 7) is 0.222. The molecule has 0 aliphatic carbocycles. The lowest BCUT2D eigenvalue weighted by Crippen LogP contribution is -1.99. The normalized spacial score (nSPS) is 10.6. The van der Waals surface area contributed by atoms with E-state index < -0.39 is 0 Å². The molecule has 90 valence electrons. The first-order valence-electron chi connectivity index (χ1n) is 4.71. The van der Waals surface area contributed by atoms with Crippen LogP contribution in [0, 0.1) is 0 Å². The van der Waals surface area contributed by atoms with E-state index in [4.69, 9.17) is 21.7 Å². The number of anilines is 2. The topological polar surface area (TPSA) is 143 Å². The van der Waals surface area contributed by atoms with Crippen molar-refractivity contribution in [1.82, 2.24) is 20.1 Å². The van der Waals surface area contributed by atoms with Gasteiger partial charge in [0.15, 0.2) is 11.0 Å². The van der Waals surface area contributed by atoms with Crippen LogP contribution in [0.1, 0.15) is 11.7 Å². The molecule has 6 N–H and O–H groups in total. The first kappa shape index (κ1) is 11.6. The summed E-state index contributed by atoms with van der Waals surface area (Å²) < 4.78 is 4.86. The Labute approximate surface area is 101 Å². The monoisotopic (exact) mass is 253 g/mol. The van der Waals surface area contributed by atoms with E-state index in [9.17, 15) is 0 Å². The minimum Gasteiger partial charge on any atom is -0.383 e. The van der Waals surface area contributed by atoms with Crippen LogP contribution >= 0.6 is 11.8 Å². The molecule has 17 heavy (non-hydrogen) atoms. The van der Waals surface area contributed by atoms with Gasteiger partial charge < -0.3 is 21.7 Å². The lowest BCUT2D eigenvalue weighted by atomic mass is 10.5. The number of rotatable bonds is 4. The van der Waals surface area contributed by atoms with Crippen LogP contribution in [-0.2, 0) is 12.3 Å². The maximum Gasteiger partial charge on any atom is 0.240 e. The molecule has 0 bridgehead atoms. The van der Waals surface area contributed by atoms with Crippen LogP contribution in [0.2, 0.25) is 0 Å². The summed E-state index contributed by atoms with van der Waals surface area (Å²) in [6, 6.07) is 1.49. The SMILES string of the molecule is NCc1nc(CSc2nc(N)cc(N)n2)no1. The Hall–Kier alpha value is -1.87. The zero-order chi connectivity index (χ0) is 12.3. The number of nitrogen functional groups attached to an aromatic ring is 2. The minimum atomic E-state index is 0.222. The van der Waals surface area contributed by atoms with Crippen LogP contribution in [0.5, 0.6) is 0 Å². The smallest absolute Gasteiger partial charge is 0.240 e. The minimum absolute atomic E-state index is 0.222. The summed E-state index contributed by atoms with van der Waals surface area (Å²) in [5.74, 6) is 2.05. The van der Waals surface area contributed by atoms with Crippen LogP contribution in [-0.4, -0.2) is 20.1 Å². The van der Waals surface area contributed by atoms with Gasteiger partial charge in [0.05, 0.1) is 12.3 Å². The van der Waals surface area contributed by atoms with E-state index in [-0.39, 0.29) is 6.54 Å². The molecule has 9 heteroatoms. The molecule has 2 aromatic heterocycles. The fourth-order valence-electron chi connectivity index (χ4n) is 1.09. The molecule has 2 rings (SSSR count). The first-order chi connectivity index (χ1) is 8.17. The molecule has 0 aliphatic rings. The lowest BCUT2D eigenvalue weighted by molar-refractivity contribution is 0.376. The van der Waals surface area contributed by atoms with Gasteiger partial charge in [-0.25, -0.2) is 9.97 Å². The van der Waals surface area contributed by atoms with Gasteiger partial charge in [-0.15, -0.1) is 0 Å². The number of hydrogen-bond acceptors (Lipinski definition) is 9. The van der Waals surface area contributed by atoms with Gasteiger partial charge in [-0.2, -0.15) is 4.98 Å². The van der Waals surface area contributed by atoms with Crippen molar-refractivity contribution in [1.29, 1.82) is 0 Å². The Bertz CT molecular complexity index is 494. The Balaban J connectivity index is 2.01. The molecule has 0 aliphatic heterocycles. The zero-order valence-corrected chi connectivity index (χ0v) is 9.65. The van der Waals surface area contributed by atoms with Crippen LogP contribution in [0.15, 0.2) is 15.7 Å². The Morgan fingerprint density at radius 3 is 2.47 bits per heavy atom. The molecule has 0 unspecified atom stereocenters. The standard InChI is InChI=1S/C8H11N7OS/c9-2-7-14-6(15-16-7)3-17-8-12-4(10)1-5(11)13-8/h1H,2-3,9H2,(H4,10,11,12,13). The van der Waals surface area contributed by atoms with Gasteiger partial charge in [0.25, 0.3) is 0 Å². The van der Waals surface area contributed by atoms with Gasteiger partial charge >= 0.3 is 0 Å². The highest BCUT2D eigenvalue weighted by atomic mass is 32.2. The second-order valence-electron chi connectivity index (χ2n) is 3.10. The third-order valence-corrected chi connectivity index (χ3v) is 2.60. The van der Waals surface area contributed by atoms with Gasteiger partial charge in [-0.05, 0) is 0 Å². The maximum atomic E-state index is 5.54. The van der Waals surface area contributed by atoms with Crippen molar-refractivity contribution in [2.24, 2.45) is 5.73 Å². The molecule has 0 atom stereocenters. The second-order valence-corrected chi connectivity index (χ2v) is 4.04. The van der Waals surface area contributed by atoms with Gasteiger partial charge in [0, 0.05) is 6.07 Å². The molecule has 2 heterocycles. The number of hydrogen-bond donors (Lipinski definition) is 3. The molecule has 0 radical (unpaired) electrons. The zero-order valence-electron chi connectivity index (χ0n) is 8.83. The van der Waals surface area contributed by atoms with E-state index in [1.807, 2.05) is 0 Å². The summed E-state index contributed by atoms with van der Waals surface area (Å²) >= 11 is 1.32. The molecular weight excluding hydrogens is 242 g/mol. The van der Waals surface area contributed by atoms with Crippen LogP contribution < -0.4 is 17.2 Å². The van der Waals surface area contributed by atoms with E-state index >= 15 is 0 Å². The van der Waals surface area contributed by atoms with E-state index in [1.165, 1.54) is 17.8 Å². The van der Waals surface area contributed by atoms with Crippen molar-refractivity contribution >= 4 is 23.4 Å². The molecule has 2 aromatic rings. The molecule has 0 aromatic carbocycles. The lowest BCUT2D eigenvalue weighted by Gasteiger charge is -2.00. The van der Waals surface area contributed by atoms with E-state index in [2.05, 4.69) is 20.1 Å². The summed E-state index contributed by atoms with van der Waals surface area (Å²) in [7, 11) is 0. The fourth-order valence-corrected chi connectivity index (χ4v) is 1.80. The molecular formula is C8H11N7OS. The molecule has 0 saturated heterocycles. The highest BCUT2D eigenvalue weighted by Gasteiger charge is 2.07. The molecule has 0 fully saturated rings. The van der Waals surface area contributed by atoms with Crippen LogP contribution in [0.4, 0.5) is 11.6 Å². The van der Waals surface area contributed by atoms with Crippen molar-refractivity contribution in [2.75, 3.05) is 11.5 Å². The number of thioether (sulfide) groups is 1. The molecule has 0 saturated carbocycles. The Kier molecular flexibility index (Phi) is 3.40. The van der Waals surface area contributed by atoms with Crippen molar-refractivity contribution in [3.05, 3.63) is 17.8 Å². The Morgan fingerprint density at radius 2 is 1.88 bits per heavy atom. The third-order valence-electron chi connectivity index (χ3n) is 1.76. The van der Waals surface area contributed by atoms with Gasteiger partial charge in [-0.3, -0.25) is 0 Å². The van der Waals surface area contributed by atoms with Gasteiger partial charge in [-0.1, -0.05) is 16.9 Å². The van der Waals surface area contributed by atoms with Gasteiger partial charge in [0.1, 0.15) is 11.6 Å². The van der Waals surface area contributed by atoms with Crippen molar-refractivity contribution in [3.8, 4) is 0 Å². The average molecular weight is 253 g/mol. The first-order valence-corrected chi connectivity index (χ1v) is 5.70. The summed E-state index contributed by atoms with van der Waals surface area (Å²) in [4.78, 5) is 12.1. The largest absolute Gasteiger partial charge is 0.383 e. The predicted molar refractivity (Wildman–Crippen MR) is 62.6 cm³/mol. The second kappa shape index (κ2) is 4.97. The molecule has 8 nitrogen and oxygen atoms in total. The quantitative estimate of drug-likeness (QED) is 0.497. The van der Waals surface area contributed by atoms with Crippen LogP contribution in [0.25, 0.3) is 0 Å². The summed E-state index contributed by atoms with van der Waals surface area (Å²) in [5.41, 5.74) is 16.4. The van der Waals surface area contributed by atoms with E-state index in [0.29, 0.717) is 34.3 Å². The number of aromatic nitrogens is 4. The molecule has 0 amide bonds. The predicted octanol–water partition coefficient (Wildman–Crippen LogP) is -0.225. The third kappa shape index (κ3) is 3.04. The molecule has 0 spiro atoms. The van der Waals surface area contributed by atoms with Crippen molar-refractivity contribution in [3.63, 3.8) is 0 Å². The number of nitrogens with zero attached hydrogens (tertiary/aromatic N) is 4. The highest BCUT2D eigenvalue weighted by Crippen LogP contribution is 2.19. The fraction of sp³-hybridized carbons (Fsp3) is 0.250. The van der Waals surface area contributed by atoms with Gasteiger partial charge in [0.2, 0.25) is 5.89 Å². The summed E-state index contributed by atoms with van der Waals surface area (Å²) in [6.07, 6.45) is 0. The Morgan fingerprint density at radius 1 is 1.18 bits per heavy atom.